The predicted molar refractivity (Wildman–Crippen MR) is 79.1 cm³/mol. The van der Waals surface area contributed by atoms with E-state index in [1.165, 1.54) is 11.0 Å². The van der Waals surface area contributed by atoms with E-state index in [1.807, 2.05) is 42.2 Å². The Bertz CT molecular complexity index is 624. The van der Waals surface area contributed by atoms with Crippen LogP contribution in [0.4, 0.5) is 0 Å². The van der Waals surface area contributed by atoms with Gasteiger partial charge in [0, 0.05) is 18.6 Å². The van der Waals surface area contributed by atoms with Gasteiger partial charge < -0.3 is 10.6 Å². The molecule has 2 N–H and O–H groups in total. The Balaban J connectivity index is 1.78. The molecule has 6 heteroatoms. The topological polar surface area (TPSA) is 77.0 Å². The number of nitrogens with two attached hydrogens (primary N) is 1. The van der Waals surface area contributed by atoms with Gasteiger partial charge in [0.15, 0.2) is 5.69 Å². The zero-order valence-corrected chi connectivity index (χ0v) is 12.0. The molecule has 110 valence electrons. The van der Waals surface area contributed by atoms with Crippen molar-refractivity contribution in [2.75, 3.05) is 6.54 Å². The Morgan fingerprint density at radius 2 is 2.10 bits per heavy atom. The number of piperidine rings is 1. The highest BCUT2D eigenvalue weighted by Gasteiger charge is 2.29. The first-order chi connectivity index (χ1) is 10.1. The van der Waals surface area contributed by atoms with Crippen LogP contribution in [-0.4, -0.2) is 44.4 Å². The standard InChI is InChI=1S/C15H19N5O/c1-11-9-12(16)7-8-19(11)15(21)14-10-17-20(18-14)13-5-3-2-4-6-13/h2-6,10-12H,7-9,16H2,1H3. The number of para-hydroxylation sites is 1. The Kier molecular flexibility index (Phi) is 3.70. The molecule has 2 heterocycles. The van der Waals surface area contributed by atoms with Crippen LogP contribution in [0.25, 0.3) is 5.69 Å². The van der Waals surface area contributed by atoms with Gasteiger partial charge >= 0.3 is 0 Å². The number of benzene rings is 1. The van der Waals surface area contributed by atoms with Crippen LogP contribution in [0.1, 0.15) is 30.3 Å². The molecule has 2 unspecified atom stereocenters. The fourth-order valence-electron chi connectivity index (χ4n) is 2.70. The highest BCUT2D eigenvalue weighted by molar-refractivity contribution is 5.92. The number of amides is 1. The third-order valence-electron chi connectivity index (χ3n) is 3.88. The first kappa shape index (κ1) is 13.8. The van der Waals surface area contributed by atoms with Gasteiger partial charge in [-0.2, -0.15) is 9.90 Å². The smallest absolute Gasteiger partial charge is 0.276 e. The molecule has 2 aromatic rings. The second kappa shape index (κ2) is 5.65. The second-order valence-corrected chi connectivity index (χ2v) is 5.49. The molecular weight excluding hydrogens is 266 g/mol. The van der Waals surface area contributed by atoms with Crippen molar-refractivity contribution in [3.8, 4) is 5.69 Å². The summed E-state index contributed by atoms with van der Waals surface area (Å²) in [5.74, 6) is -0.0726. The molecule has 1 aromatic heterocycles. The molecular formula is C15H19N5O. The Morgan fingerprint density at radius 3 is 2.81 bits per heavy atom. The average molecular weight is 285 g/mol. The first-order valence-electron chi connectivity index (χ1n) is 7.19. The summed E-state index contributed by atoms with van der Waals surface area (Å²) >= 11 is 0. The zero-order chi connectivity index (χ0) is 14.8. The molecule has 0 bridgehead atoms. The summed E-state index contributed by atoms with van der Waals surface area (Å²) in [4.78, 5) is 15.8. The lowest BCUT2D eigenvalue weighted by molar-refractivity contribution is 0.0612. The van der Waals surface area contributed by atoms with Crippen molar-refractivity contribution in [2.24, 2.45) is 5.73 Å². The highest BCUT2D eigenvalue weighted by Crippen LogP contribution is 2.18. The minimum absolute atomic E-state index is 0.0726. The number of hydrogen-bond acceptors (Lipinski definition) is 4. The molecule has 2 atom stereocenters. The molecule has 1 aromatic carbocycles. The van der Waals surface area contributed by atoms with E-state index in [2.05, 4.69) is 10.2 Å². The van der Waals surface area contributed by atoms with Crippen LogP contribution in [0.5, 0.6) is 0 Å². The van der Waals surface area contributed by atoms with Crippen molar-refractivity contribution in [1.82, 2.24) is 19.9 Å². The van der Waals surface area contributed by atoms with Gasteiger partial charge in [-0.1, -0.05) is 18.2 Å². The molecule has 0 aliphatic carbocycles. The van der Waals surface area contributed by atoms with Crippen LogP contribution in [0.2, 0.25) is 0 Å². The van der Waals surface area contributed by atoms with Crippen LogP contribution in [0.15, 0.2) is 36.5 Å². The van der Waals surface area contributed by atoms with Crippen molar-refractivity contribution < 1.29 is 4.79 Å². The summed E-state index contributed by atoms with van der Waals surface area (Å²) in [7, 11) is 0. The fourth-order valence-corrected chi connectivity index (χ4v) is 2.70. The third kappa shape index (κ3) is 2.80. The number of rotatable bonds is 2. The van der Waals surface area contributed by atoms with Crippen LogP contribution in [-0.2, 0) is 0 Å². The van der Waals surface area contributed by atoms with Crippen LogP contribution in [0.3, 0.4) is 0 Å². The Morgan fingerprint density at radius 1 is 1.33 bits per heavy atom. The first-order valence-corrected chi connectivity index (χ1v) is 7.19. The largest absolute Gasteiger partial charge is 0.334 e. The summed E-state index contributed by atoms with van der Waals surface area (Å²) in [5, 5.41) is 8.47. The minimum Gasteiger partial charge on any atom is -0.334 e. The number of aromatic nitrogens is 3. The maximum absolute atomic E-state index is 12.5. The Labute approximate surface area is 123 Å². The van der Waals surface area contributed by atoms with Gasteiger partial charge in [-0.05, 0) is 31.9 Å². The average Bonchev–Trinajstić information content (AvgIpc) is 2.97. The van der Waals surface area contributed by atoms with Crippen LogP contribution in [0, 0.1) is 0 Å². The number of nitrogens with zero attached hydrogens (tertiary/aromatic N) is 4. The summed E-state index contributed by atoms with van der Waals surface area (Å²) in [6, 6.07) is 9.88. The number of likely N-dealkylation sites (tertiary alicyclic amines) is 1. The molecule has 1 saturated heterocycles. The lowest BCUT2D eigenvalue weighted by Crippen LogP contribution is -2.48. The van der Waals surface area contributed by atoms with Crippen LogP contribution >= 0.6 is 0 Å². The maximum Gasteiger partial charge on any atom is 0.276 e. The SMILES string of the molecule is CC1CC(N)CCN1C(=O)c1cnn(-c2ccccc2)n1. The number of carbonyl (C=O) groups excluding carboxylic acids is 1. The summed E-state index contributed by atoms with van der Waals surface area (Å²) in [6.07, 6.45) is 3.19. The fraction of sp³-hybridized carbons (Fsp3) is 0.400. The van der Waals surface area contributed by atoms with Gasteiger partial charge in [0.2, 0.25) is 0 Å². The van der Waals surface area contributed by atoms with E-state index in [9.17, 15) is 4.79 Å². The maximum atomic E-state index is 12.5. The molecule has 6 nitrogen and oxygen atoms in total. The monoisotopic (exact) mass is 285 g/mol. The molecule has 1 fully saturated rings. The van der Waals surface area contributed by atoms with Crippen molar-refractivity contribution in [1.29, 1.82) is 0 Å². The molecule has 3 rings (SSSR count). The van der Waals surface area contributed by atoms with Crippen molar-refractivity contribution >= 4 is 5.91 Å². The lowest BCUT2D eigenvalue weighted by Gasteiger charge is -2.35. The van der Waals surface area contributed by atoms with E-state index < -0.39 is 0 Å². The summed E-state index contributed by atoms with van der Waals surface area (Å²) < 4.78 is 0. The van der Waals surface area contributed by atoms with Gasteiger partial charge in [-0.15, -0.1) is 5.10 Å². The van der Waals surface area contributed by atoms with Crippen LogP contribution < -0.4 is 5.73 Å². The molecule has 21 heavy (non-hydrogen) atoms. The summed E-state index contributed by atoms with van der Waals surface area (Å²) in [6.45, 7) is 2.71. The van der Waals surface area contributed by atoms with Gasteiger partial charge in [0.1, 0.15) is 0 Å². The highest BCUT2D eigenvalue weighted by atomic mass is 16.2. The number of hydrogen-bond donors (Lipinski definition) is 1. The number of carbonyl (C=O) groups is 1. The minimum atomic E-state index is -0.0726. The molecule has 1 aliphatic heterocycles. The van der Waals surface area contributed by atoms with Gasteiger partial charge in [-0.25, -0.2) is 0 Å². The molecule has 1 amide bonds. The predicted octanol–water partition coefficient (Wildman–Crippen LogP) is 1.22. The summed E-state index contributed by atoms with van der Waals surface area (Å²) in [5.41, 5.74) is 7.15. The van der Waals surface area contributed by atoms with Crippen molar-refractivity contribution in [3.05, 3.63) is 42.2 Å². The van der Waals surface area contributed by atoms with E-state index in [0.29, 0.717) is 12.2 Å². The molecule has 0 spiro atoms. The van der Waals surface area contributed by atoms with Gasteiger partial charge in [0.25, 0.3) is 5.91 Å². The van der Waals surface area contributed by atoms with E-state index in [4.69, 9.17) is 5.73 Å². The second-order valence-electron chi connectivity index (χ2n) is 5.49. The quantitative estimate of drug-likeness (QED) is 0.900. The van der Waals surface area contributed by atoms with E-state index in [-0.39, 0.29) is 18.0 Å². The molecule has 1 aliphatic rings. The van der Waals surface area contributed by atoms with Gasteiger partial charge in [0.05, 0.1) is 11.9 Å². The Hall–Kier alpha value is -2.21. The van der Waals surface area contributed by atoms with E-state index in [1.54, 1.807) is 0 Å². The molecule has 0 saturated carbocycles. The van der Waals surface area contributed by atoms with E-state index in [0.717, 1.165) is 18.5 Å². The van der Waals surface area contributed by atoms with Gasteiger partial charge in [-0.3, -0.25) is 4.79 Å². The molecule has 0 radical (unpaired) electrons. The zero-order valence-electron chi connectivity index (χ0n) is 12.0. The normalized spacial score (nSPS) is 22.3. The lowest BCUT2D eigenvalue weighted by atomic mass is 9.99. The van der Waals surface area contributed by atoms with E-state index >= 15 is 0 Å². The third-order valence-corrected chi connectivity index (χ3v) is 3.88. The van der Waals surface area contributed by atoms with Crippen molar-refractivity contribution in [2.45, 2.75) is 31.8 Å². The van der Waals surface area contributed by atoms with Crippen molar-refractivity contribution in [3.63, 3.8) is 0 Å².